The number of aromatic hydroxyl groups is 1. The maximum absolute atomic E-state index is 12.8. The van der Waals surface area contributed by atoms with Crippen molar-refractivity contribution in [2.75, 3.05) is 32.6 Å². The zero-order valence-electron chi connectivity index (χ0n) is 17.1. The van der Waals surface area contributed by atoms with E-state index in [-0.39, 0.29) is 16.3 Å². The van der Waals surface area contributed by atoms with Crippen LogP contribution in [0.5, 0.6) is 11.5 Å². The van der Waals surface area contributed by atoms with Crippen LogP contribution in [0, 0.1) is 0 Å². The minimum Gasteiger partial charge on any atom is -0.506 e. The molecule has 0 aliphatic carbocycles. The average molecular weight is 425 g/mol. The quantitative estimate of drug-likeness (QED) is 0.482. The van der Waals surface area contributed by atoms with Gasteiger partial charge in [0.25, 0.3) is 5.91 Å². The summed E-state index contributed by atoms with van der Waals surface area (Å²) >= 11 is 6.18. The van der Waals surface area contributed by atoms with E-state index >= 15 is 0 Å². The molecular weight excluding hydrogens is 400 g/mol. The summed E-state index contributed by atoms with van der Waals surface area (Å²) in [6.45, 7) is 1.53. The lowest BCUT2D eigenvalue weighted by Crippen LogP contribution is -2.15. The molecule has 5 nitrogen and oxygen atoms in total. The van der Waals surface area contributed by atoms with Gasteiger partial charge in [-0.2, -0.15) is 0 Å². The molecule has 0 heterocycles. The molecule has 2 N–H and O–H groups in total. The predicted octanol–water partition coefficient (Wildman–Crippen LogP) is 5.30. The Hall–Kier alpha value is -3.02. The van der Waals surface area contributed by atoms with Gasteiger partial charge < -0.3 is 20.1 Å². The molecule has 30 heavy (non-hydrogen) atoms. The Kier molecular flexibility index (Phi) is 7.33. The first-order valence-corrected chi connectivity index (χ1v) is 10.1. The molecule has 6 heteroatoms. The van der Waals surface area contributed by atoms with E-state index in [9.17, 15) is 9.90 Å². The number of hydrogen-bond donors (Lipinski definition) is 2. The van der Waals surface area contributed by atoms with Crippen molar-refractivity contribution in [3.63, 3.8) is 0 Å². The van der Waals surface area contributed by atoms with Gasteiger partial charge in [0, 0.05) is 18.3 Å². The van der Waals surface area contributed by atoms with Crippen LogP contribution in [0.3, 0.4) is 0 Å². The Labute approximate surface area is 181 Å². The molecule has 0 aromatic heterocycles. The van der Waals surface area contributed by atoms with Crippen LogP contribution >= 0.6 is 11.6 Å². The van der Waals surface area contributed by atoms with E-state index < -0.39 is 5.91 Å². The van der Waals surface area contributed by atoms with Gasteiger partial charge in [0.05, 0.1) is 17.2 Å². The van der Waals surface area contributed by atoms with Gasteiger partial charge >= 0.3 is 0 Å². The number of carbonyl (C=O) groups excluding carboxylic acids is 1. The van der Waals surface area contributed by atoms with Crippen LogP contribution in [0.15, 0.2) is 66.7 Å². The second-order valence-electron chi connectivity index (χ2n) is 7.21. The van der Waals surface area contributed by atoms with E-state index in [1.165, 1.54) is 0 Å². The number of amides is 1. The minimum atomic E-state index is -0.447. The molecule has 156 valence electrons. The highest BCUT2D eigenvalue weighted by Gasteiger charge is 2.17. The standard InChI is InChI=1S/C24H25ClN2O3/c1-27(2)12-7-13-30-20-11-6-10-19(16-20)26-24(29)21-14-18(15-22(25)23(21)28)17-8-4-3-5-9-17/h3-6,8-11,14-16,28H,7,12-13H2,1-2H3,(H,26,29). The highest BCUT2D eigenvalue weighted by molar-refractivity contribution is 6.33. The Morgan fingerprint density at radius 3 is 2.53 bits per heavy atom. The van der Waals surface area contributed by atoms with Gasteiger partial charge in [-0.25, -0.2) is 0 Å². The van der Waals surface area contributed by atoms with Crippen LogP contribution in [0.4, 0.5) is 5.69 Å². The Morgan fingerprint density at radius 2 is 1.80 bits per heavy atom. The Bertz CT molecular complexity index is 1010. The first-order chi connectivity index (χ1) is 14.4. The van der Waals surface area contributed by atoms with E-state index in [1.807, 2.05) is 56.6 Å². The first-order valence-electron chi connectivity index (χ1n) is 9.71. The molecular formula is C24H25ClN2O3. The molecule has 0 saturated heterocycles. The van der Waals surface area contributed by atoms with Crippen molar-refractivity contribution < 1.29 is 14.6 Å². The van der Waals surface area contributed by atoms with Gasteiger partial charge in [-0.15, -0.1) is 0 Å². The van der Waals surface area contributed by atoms with Gasteiger partial charge in [0.15, 0.2) is 0 Å². The van der Waals surface area contributed by atoms with Crippen molar-refractivity contribution in [1.82, 2.24) is 4.90 Å². The minimum absolute atomic E-state index is 0.110. The third-order valence-corrected chi connectivity index (χ3v) is 4.81. The second kappa shape index (κ2) is 10.1. The van der Waals surface area contributed by atoms with Crippen molar-refractivity contribution >= 4 is 23.2 Å². The highest BCUT2D eigenvalue weighted by atomic mass is 35.5. The number of hydrogen-bond acceptors (Lipinski definition) is 4. The number of nitrogens with zero attached hydrogens (tertiary/aromatic N) is 1. The molecule has 3 aromatic rings. The summed E-state index contributed by atoms with van der Waals surface area (Å²) in [6, 6.07) is 20.0. The predicted molar refractivity (Wildman–Crippen MR) is 122 cm³/mol. The third kappa shape index (κ3) is 5.75. The number of phenols is 1. The number of anilines is 1. The smallest absolute Gasteiger partial charge is 0.259 e. The summed E-state index contributed by atoms with van der Waals surface area (Å²) in [5.41, 5.74) is 2.34. The second-order valence-corrected chi connectivity index (χ2v) is 7.61. The summed E-state index contributed by atoms with van der Waals surface area (Å²) in [6.07, 6.45) is 0.905. The maximum Gasteiger partial charge on any atom is 0.259 e. The summed E-state index contributed by atoms with van der Waals surface area (Å²) in [7, 11) is 4.04. The van der Waals surface area contributed by atoms with Crippen molar-refractivity contribution in [3.05, 3.63) is 77.3 Å². The normalized spacial score (nSPS) is 10.8. The molecule has 0 aliphatic heterocycles. The zero-order valence-corrected chi connectivity index (χ0v) is 17.8. The van der Waals surface area contributed by atoms with Gasteiger partial charge in [-0.05, 0) is 55.9 Å². The molecule has 3 aromatic carbocycles. The van der Waals surface area contributed by atoms with E-state index in [0.717, 1.165) is 24.1 Å². The van der Waals surface area contributed by atoms with Gasteiger partial charge in [-0.3, -0.25) is 4.79 Å². The summed E-state index contributed by atoms with van der Waals surface area (Å²) < 4.78 is 5.76. The lowest BCUT2D eigenvalue weighted by Gasteiger charge is -2.13. The van der Waals surface area contributed by atoms with E-state index in [2.05, 4.69) is 10.2 Å². The molecule has 0 saturated carbocycles. The van der Waals surface area contributed by atoms with E-state index in [4.69, 9.17) is 16.3 Å². The molecule has 0 radical (unpaired) electrons. The number of halogens is 1. The number of carbonyl (C=O) groups is 1. The van der Waals surface area contributed by atoms with Crippen molar-refractivity contribution in [2.24, 2.45) is 0 Å². The van der Waals surface area contributed by atoms with Crippen LogP contribution in [-0.4, -0.2) is 43.2 Å². The molecule has 0 spiro atoms. The van der Waals surface area contributed by atoms with Crippen molar-refractivity contribution in [2.45, 2.75) is 6.42 Å². The summed E-state index contributed by atoms with van der Waals surface area (Å²) in [4.78, 5) is 14.9. The van der Waals surface area contributed by atoms with Gasteiger partial charge in [-0.1, -0.05) is 48.0 Å². The summed E-state index contributed by atoms with van der Waals surface area (Å²) in [5, 5.41) is 13.3. The molecule has 0 unspecified atom stereocenters. The Balaban J connectivity index is 1.74. The lowest BCUT2D eigenvalue weighted by atomic mass is 10.0. The van der Waals surface area contributed by atoms with E-state index in [0.29, 0.717) is 18.0 Å². The van der Waals surface area contributed by atoms with Crippen LogP contribution in [0.1, 0.15) is 16.8 Å². The first kappa shape index (κ1) is 21.7. The molecule has 0 aliphatic rings. The van der Waals surface area contributed by atoms with Crippen molar-refractivity contribution in [3.8, 4) is 22.6 Å². The largest absolute Gasteiger partial charge is 0.506 e. The zero-order chi connectivity index (χ0) is 21.5. The van der Waals surface area contributed by atoms with Crippen LogP contribution < -0.4 is 10.1 Å². The number of ether oxygens (including phenoxy) is 1. The summed E-state index contributed by atoms with van der Waals surface area (Å²) in [5.74, 6) is -0.0197. The van der Waals surface area contributed by atoms with Crippen molar-refractivity contribution in [1.29, 1.82) is 0 Å². The molecule has 0 atom stereocenters. The third-order valence-electron chi connectivity index (χ3n) is 4.53. The average Bonchev–Trinajstić information content (AvgIpc) is 2.74. The van der Waals surface area contributed by atoms with Crippen LogP contribution in [0.2, 0.25) is 5.02 Å². The number of nitrogens with one attached hydrogen (secondary N) is 1. The van der Waals surface area contributed by atoms with Gasteiger partial charge in [0.1, 0.15) is 11.5 Å². The van der Waals surface area contributed by atoms with Crippen LogP contribution in [-0.2, 0) is 0 Å². The Morgan fingerprint density at radius 1 is 1.03 bits per heavy atom. The molecule has 0 bridgehead atoms. The van der Waals surface area contributed by atoms with Crippen LogP contribution in [0.25, 0.3) is 11.1 Å². The molecule has 0 fully saturated rings. The highest BCUT2D eigenvalue weighted by Crippen LogP contribution is 2.34. The fourth-order valence-electron chi connectivity index (χ4n) is 3.00. The number of phenolic OH excluding ortho intramolecular Hbond substituents is 1. The van der Waals surface area contributed by atoms with Gasteiger partial charge in [0.2, 0.25) is 0 Å². The maximum atomic E-state index is 12.8. The van der Waals surface area contributed by atoms with E-state index in [1.54, 1.807) is 24.3 Å². The SMILES string of the molecule is CN(C)CCCOc1cccc(NC(=O)c2cc(-c3ccccc3)cc(Cl)c2O)c1. The lowest BCUT2D eigenvalue weighted by molar-refractivity contribution is 0.102. The monoisotopic (exact) mass is 424 g/mol. The molecule has 3 rings (SSSR count). The molecule has 1 amide bonds. The fraction of sp³-hybridized carbons (Fsp3) is 0.208. The fourth-order valence-corrected chi connectivity index (χ4v) is 3.22. The number of rotatable bonds is 8. The topological polar surface area (TPSA) is 61.8 Å². The number of benzene rings is 3.